The van der Waals surface area contributed by atoms with Crippen LogP contribution in [-0.2, 0) is 17.7 Å². The molecule has 0 fully saturated rings. The monoisotopic (exact) mass is 313 g/mol. The zero-order valence-corrected chi connectivity index (χ0v) is 14.7. The molecule has 0 spiro atoms. The molecule has 124 valence electrons. The van der Waals surface area contributed by atoms with Crippen molar-refractivity contribution < 1.29 is 9.53 Å². The number of carbonyl (C=O) groups is 1. The van der Waals surface area contributed by atoms with Gasteiger partial charge in [0.05, 0.1) is 12.2 Å². The Morgan fingerprint density at radius 3 is 2.39 bits per heavy atom. The molecule has 0 atom stereocenters. The summed E-state index contributed by atoms with van der Waals surface area (Å²) in [5, 5.41) is 0. The van der Waals surface area contributed by atoms with E-state index in [1.165, 1.54) is 11.3 Å². The van der Waals surface area contributed by atoms with E-state index in [9.17, 15) is 4.79 Å². The summed E-state index contributed by atoms with van der Waals surface area (Å²) < 4.78 is 7.54. The predicted molar refractivity (Wildman–Crippen MR) is 94.0 cm³/mol. The van der Waals surface area contributed by atoms with Gasteiger partial charge < -0.3 is 9.30 Å². The number of hydrogen-bond donors (Lipinski definition) is 0. The topological polar surface area (TPSA) is 31.2 Å². The molecule has 1 aromatic carbocycles. The summed E-state index contributed by atoms with van der Waals surface area (Å²) in [4.78, 5) is 12.4. The van der Waals surface area contributed by atoms with Gasteiger partial charge in [0.15, 0.2) is 0 Å². The number of aromatic nitrogens is 1. The Balaban J connectivity index is 2.44. The van der Waals surface area contributed by atoms with Gasteiger partial charge in [-0.2, -0.15) is 0 Å². The molecule has 0 N–H and O–H groups in total. The van der Waals surface area contributed by atoms with E-state index >= 15 is 0 Å². The number of nitrogens with zero attached hydrogens (tertiary/aromatic N) is 1. The van der Waals surface area contributed by atoms with E-state index in [1.807, 2.05) is 32.0 Å². The molecule has 1 aromatic heterocycles. The summed E-state index contributed by atoms with van der Waals surface area (Å²) in [6, 6.07) is 10.4. The minimum atomic E-state index is -0.189. The van der Waals surface area contributed by atoms with Gasteiger partial charge in [0, 0.05) is 17.9 Å². The van der Waals surface area contributed by atoms with Crippen LogP contribution >= 0.6 is 0 Å². The molecule has 0 aliphatic heterocycles. The van der Waals surface area contributed by atoms with Crippen LogP contribution in [0.4, 0.5) is 0 Å². The summed E-state index contributed by atoms with van der Waals surface area (Å²) in [5.41, 5.74) is 5.36. The Bertz CT molecular complexity index is 656. The number of unbranched alkanes of at least 4 members (excludes halogenated alkanes) is 1. The van der Waals surface area contributed by atoms with Crippen LogP contribution in [0.3, 0.4) is 0 Å². The Hall–Kier alpha value is -2.03. The first-order valence-electron chi connectivity index (χ1n) is 8.49. The van der Waals surface area contributed by atoms with Crippen LogP contribution in [0.1, 0.15) is 59.6 Å². The van der Waals surface area contributed by atoms with E-state index in [4.69, 9.17) is 4.74 Å². The first kappa shape index (κ1) is 17.3. The largest absolute Gasteiger partial charge is 0.462 e. The lowest BCUT2D eigenvalue weighted by molar-refractivity contribution is 0.0524. The molecule has 1 heterocycles. The second kappa shape index (κ2) is 8.00. The van der Waals surface area contributed by atoms with Crippen LogP contribution < -0.4 is 0 Å². The minimum Gasteiger partial charge on any atom is -0.462 e. The van der Waals surface area contributed by atoms with Crippen LogP contribution in [0, 0.1) is 13.8 Å². The van der Waals surface area contributed by atoms with Crippen LogP contribution in [0.5, 0.6) is 0 Å². The van der Waals surface area contributed by atoms with Gasteiger partial charge in [0.2, 0.25) is 0 Å². The molecule has 0 bridgehead atoms. The molecule has 3 nitrogen and oxygen atoms in total. The van der Waals surface area contributed by atoms with E-state index in [2.05, 4.69) is 30.5 Å². The standard InChI is InChI=1S/C20H27NO2/c1-5-7-13-18-15(3)21(14-17-11-9-8-10-12-17)16(4)19(18)20(22)23-6-2/h8-12H,5-7,13-14H2,1-4H3. The average molecular weight is 313 g/mol. The van der Waals surface area contributed by atoms with Gasteiger partial charge >= 0.3 is 5.97 Å². The van der Waals surface area contributed by atoms with Crippen LogP contribution in [0.25, 0.3) is 0 Å². The zero-order chi connectivity index (χ0) is 16.8. The maximum absolute atomic E-state index is 12.4. The lowest BCUT2D eigenvalue weighted by Crippen LogP contribution is -2.09. The summed E-state index contributed by atoms with van der Waals surface area (Å²) in [7, 11) is 0. The molecule has 23 heavy (non-hydrogen) atoms. The van der Waals surface area contributed by atoms with Crippen molar-refractivity contribution in [2.24, 2.45) is 0 Å². The Morgan fingerprint density at radius 1 is 1.09 bits per heavy atom. The highest BCUT2D eigenvalue weighted by atomic mass is 16.5. The number of carbonyl (C=O) groups excluding carboxylic acids is 1. The van der Waals surface area contributed by atoms with Gasteiger partial charge in [0.25, 0.3) is 0 Å². The number of rotatable bonds is 7. The molecule has 2 rings (SSSR count). The molecule has 0 saturated heterocycles. The highest BCUT2D eigenvalue weighted by molar-refractivity contribution is 5.93. The second-order valence-electron chi connectivity index (χ2n) is 5.92. The summed E-state index contributed by atoms with van der Waals surface area (Å²) in [5.74, 6) is -0.189. The van der Waals surface area contributed by atoms with Crippen LogP contribution in [0.2, 0.25) is 0 Å². The quantitative estimate of drug-likeness (QED) is 0.695. The first-order chi connectivity index (χ1) is 11.1. The minimum absolute atomic E-state index is 0.189. The second-order valence-corrected chi connectivity index (χ2v) is 5.92. The fourth-order valence-corrected chi connectivity index (χ4v) is 3.09. The van der Waals surface area contributed by atoms with Gasteiger partial charge in [-0.1, -0.05) is 43.7 Å². The van der Waals surface area contributed by atoms with Crippen molar-refractivity contribution in [3.05, 3.63) is 58.4 Å². The summed E-state index contributed by atoms with van der Waals surface area (Å²) in [6.07, 6.45) is 3.13. The summed E-state index contributed by atoms with van der Waals surface area (Å²) in [6.45, 7) is 9.37. The number of benzene rings is 1. The smallest absolute Gasteiger partial charge is 0.340 e. The molecule has 0 aliphatic carbocycles. The number of esters is 1. The van der Waals surface area contributed by atoms with Crippen LogP contribution in [0.15, 0.2) is 30.3 Å². The van der Waals surface area contributed by atoms with E-state index < -0.39 is 0 Å². The van der Waals surface area contributed by atoms with Crippen molar-refractivity contribution in [1.29, 1.82) is 0 Å². The molecule has 3 heteroatoms. The van der Waals surface area contributed by atoms with Crippen LogP contribution in [-0.4, -0.2) is 17.1 Å². The summed E-state index contributed by atoms with van der Waals surface area (Å²) >= 11 is 0. The van der Waals surface area contributed by atoms with E-state index in [-0.39, 0.29) is 5.97 Å². The number of ether oxygens (including phenoxy) is 1. The highest BCUT2D eigenvalue weighted by Gasteiger charge is 2.23. The Morgan fingerprint density at radius 2 is 1.78 bits per heavy atom. The van der Waals surface area contributed by atoms with Gasteiger partial charge in [-0.25, -0.2) is 4.79 Å². The molecule has 2 aromatic rings. The van der Waals surface area contributed by atoms with Crippen molar-refractivity contribution in [2.75, 3.05) is 6.61 Å². The van der Waals surface area contributed by atoms with Crippen molar-refractivity contribution in [2.45, 2.75) is 53.5 Å². The first-order valence-corrected chi connectivity index (χ1v) is 8.49. The van der Waals surface area contributed by atoms with E-state index in [0.717, 1.165) is 42.6 Å². The molecule has 0 saturated carbocycles. The Kier molecular flexibility index (Phi) is 6.03. The lowest BCUT2D eigenvalue weighted by Gasteiger charge is -2.10. The van der Waals surface area contributed by atoms with Gasteiger partial charge in [-0.05, 0) is 44.7 Å². The Labute approximate surface area is 139 Å². The van der Waals surface area contributed by atoms with E-state index in [1.54, 1.807) is 0 Å². The van der Waals surface area contributed by atoms with Crippen molar-refractivity contribution in [1.82, 2.24) is 4.57 Å². The highest BCUT2D eigenvalue weighted by Crippen LogP contribution is 2.26. The van der Waals surface area contributed by atoms with E-state index in [0.29, 0.717) is 6.61 Å². The molecular formula is C20H27NO2. The van der Waals surface area contributed by atoms with Gasteiger partial charge in [0.1, 0.15) is 0 Å². The fraction of sp³-hybridized carbons (Fsp3) is 0.450. The molecule has 0 aliphatic rings. The van der Waals surface area contributed by atoms with Crippen molar-refractivity contribution >= 4 is 5.97 Å². The number of hydrogen-bond acceptors (Lipinski definition) is 2. The van der Waals surface area contributed by atoms with Gasteiger partial charge in [-0.3, -0.25) is 0 Å². The van der Waals surface area contributed by atoms with Crippen molar-refractivity contribution in [3.8, 4) is 0 Å². The molecule has 0 amide bonds. The normalized spacial score (nSPS) is 10.8. The maximum atomic E-state index is 12.4. The fourth-order valence-electron chi connectivity index (χ4n) is 3.09. The molecular weight excluding hydrogens is 286 g/mol. The zero-order valence-electron chi connectivity index (χ0n) is 14.7. The average Bonchev–Trinajstić information content (AvgIpc) is 2.78. The third-order valence-corrected chi connectivity index (χ3v) is 4.35. The third kappa shape index (κ3) is 3.84. The third-order valence-electron chi connectivity index (χ3n) is 4.35. The SMILES string of the molecule is CCCCc1c(C(=O)OCC)c(C)n(Cc2ccccc2)c1C. The molecule has 0 unspecified atom stereocenters. The van der Waals surface area contributed by atoms with Crippen molar-refractivity contribution in [3.63, 3.8) is 0 Å². The maximum Gasteiger partial charge on any atom is 0.340 e. The van der Waals surface area contributed by atoms with Gasteiger partial charge in [-0.15, -0.1) is 0 Å². The molecule has 0 radical (unpaired) electrons. The predicted octanol–water partition coefficient (Wildman–Crippen LogP) is 4.67. The lowest BCUT2D eigenvalue weighted by atomic mass is 10.0.